The van der Waals surface area contributed by atoms with Crippen molar-refractivity contribution in [2.75, 3.05) is 0 Å². The Hall–Kier alpha value is -1.37. The Morgan fingerprint density at radius 2 is 2.06 bits per heavy atom. The third-order valence-electron chi connectivity index (χ3n) is 3.59. The van der Waals surface area contributed by atoms with Crippen LogP contribution in [0.15, 0.2) is 53.7 Å². The minimum Gasteiger partial charge on any atom is -0.262 e. The molecule has 0 aliphatic heterocycles. The molecule has 2 atom stereocenters. The predicted molar refractivity (Wildman–Crippen MR) is 77.2 cm³/mol. The van der Waals surface area contributed by atoms with E-state index in [-0.39, 0.29) is 0 Å². The Morgan fingerprint density at radius 3 is 2.59 bits per heavy atom. The van der Waals surface area contributed by atoms with Gasteiger partial charge < -0.3 is 0 Å². The maximum Gasteiger partial charge on any atom is 0.0620 e. The lowest BCUT2D eigenvalue weighted by Gasteiger charge is -2.03. The van der Waals surface area contributed by atoms with Crippen molar-refractivity contribution in [2.45, 2.75) is 33.6 Å². The van der Waals surface area contributed by atoms with E-state index in [0.29, 0.717) is 5.41 Å². The molecule has 0 aromatic rings. The van der Waals surface area contributed by atoms with Crippen molar-refractivity contribution in [3.63, 3.8) is 0 Å². The summed E-state index contributed by atoms with van der Waals surface area (Å²) in [5.41, 5.74) is 2.14. The minimum atomic E-state index is 0.553. The molecule has 0 bridgehead atoms. The van der Waals surface area contributed by atoms with Gasteiger partial charge in [-0.25, -0.2) is 0 Å². The lowest BCUT2D eigenvalue weighted by molar-refractivity contribution is 0.529. The van der Waals surface area contributed by atoms with Gasteiger partial charge in [-0.1, -0.05) is 51.3 Å². The Bertz CT molecular complexity index is 384. The van der Waals surface area contributed by atoms with Gasteiger partial charge in [0.25, 0.3) is 0 Å². The maximum atomic E-state index is 4.09. The molecule has 1 rings (SSSR count). The van der Waals surface area contributed by atoms with Crippen molar-refractivity contribution in [3.8, 4) is 0 Å². The second kappa shape index (κ2) is 5.81. The molecule has 0 radical (unpaired) electrons. The van der Waals surface area contributed by atoms with Crippen LogP contribution < -0.4 is 0 Å². The van der Waals surface area contributed by atoms with Gasteiger partial charge in [0.1, 0.15) is 0 Å². The minimum absolute atomic E-state index is 0.553. The van der Waals surface area contributed by atoms with E-state index in [1.165, 1.54) is 12.8 Å². The van der Waals surface area contributed by atoms with Crippen LogP contribution in [0, 0.1) is 11.3 Å². The standard InChI is InChI=1S/C16H23N/c1-6-17-15(4)13(2)10-8-7-9-11-16(5)12-14(16)3/h6-10,14H,2,4,11-12H2,1,3,5H3/b9-7-,10-8-,17-6-. The molecule has 92 valence electrons. The zero-order valence-electron chi connectivity index (χ0n) is 11.2. The molecule has 1 nitrogen and oxygen atoms in total. The van der Waals surface area contributed by atoms with E-state index in [0.717, 1.165) is 17.2 Å². The highest BCUT2D eigenvalue weighted by atomic mass is 14.7. The fourth-order valence-electron chi connectivity index (χ4n) is 1.85. The number of aliphatic imine (C=N–C) groups is 1. The summed E-state index contributed by atoms with van der Waals surface area (Å²) in [4.78, 5) is 4.09. The number of rotatable bonds is 6. The molecule has 0 amide bonds. The molecule has 0 spiro atoms. The van der Waals surface area contributed by atoms with Gasteiger partial charge >= 0.3 is 0 Å². The zero-order valence-corrected chi connectivity index (χ0v) is 11.2. The summed E-state index contributed by atoms with van der Waals surface area (Å²) in [6.45, 7) is 14.3. The van der Waals surface area contributed by atoms with Crippen molar-refractivity contribution in [1.29, 1.82) is 0 Å². The summed E-state index contributed by atoms with van der Waals surface area (Å²) >= 11 is 0. The lowest BCUT2D eigenvalue weighted by Crippen LogP contribution is -1.92. The van der Waals surface area contributed by atoms with Crippen LogP contribution in [-0.2, 0) is 0 Å². The predicted octanol–water partition coefficient (Wildman–Crippen LogP) is 4.70. The lowest BCUT2D eigenvalue weighted by atomic mass is 10.0. The fraction of sp³-hybridized carbons (Fsp3) is 0.438. The average Bonchev–Trinajstić information content (AvgIpc) is 2.86. The summed E-state index contributed by atoms with van der Waals surface area (Å²) in [7, 11) is 0. The third-order valence-corrected chi connectivity index (χ3v) is 3.59. The first kappa shape index (κ1) is 13.7. The molecule has 1 fully saturated rings. The normalized spacial score (nSPS) is 28.3. The van der Waals surface area contributed by atoms with Gasteiger partial charge in [0.2, 0.25) is 0 Å². The largest absolute Gasteiger partial charge is 0.262 e. The number of allylic oxidation sites excluding steroid dienone is 4. The molecule has 17 heavy (non-hydrogen) atoms. The van der Waals surface area contributed by atoms with E-state index >= 15 is 0 Å². The first-order valence-electron chi connectivity index (χ1n) is 6.19. The van der Waals surface area contributed by atoms with Crippen LogP contribution in [0.1, 0.15) is 33.6 Å². The van der Waals surface area contributed by atoms with Crippen LogP contribution in [0.5, 0.6) is 0 Å². The molecule has 0 N–H and O–H groups in total. The average molecular weight is 229 g/mol. The highest BCUT2D eigenvalue weighted by Gasteiger charge is 2.44. The molecule has 1 heteroatoms. The van der Waals surface area contributed by atoms with Crippen LogP contribution in [0.3, 0.4) is 0 Å². The van der Waals surface area contributed by atoms with E-state index in [9.17, 15) is 0 Å². The molecule has 0 aromatic carbocycles. The van der Waals surface area contributed by atoms with Crippen molar-refractivity contribution in [2.24, 2.45) is 16.3 Å². The van der Waals surface area contributed by atoms with Crippen LogP contribution in [0.2, 0.25) is 0 Å². The molecule has 0 heterocycles. The fourth-order valence-corrected chi connectivity index (χ4v) is 1.85. The molecule has 1 aliphatic carbocycles. The molecule has 0 aromatic heterocycles. The second-order valence-corrected chi connectivity index (χ2v) is 5.11. The first-order valence-corrected chi connectivity index (χ1v) is 6.19. The van der Waals surface area contributed by atoms with Crippen molar-refractivity contribution in [1.82, 2.24) is 0 Å². The van der Waals surface area contributed by atoms with Gasteiger partial charge in [0.05, 0.1) is 5.70 Å². The Labute approximate surface area is 105 Å². The van der Waals surface area contributed by atoms with Gasteiger partial charge in [0.15, 0.2) is 0 Å². The quantitative estimate of drug-likeness (QED) is 0.462. The van der Waals surface area contributed by atoms with Crippen LogP contribution >= 0.6 is 0 Å². The molecule has 1 saturated carbocycles. The highest BCUT2D eigenvalue weighted by molar-refractivity contribution is 5.57. The second-order valence-electron chi connectivity index (χ2n) is 5.11. The maximum absolute atomic E-state index is 4.09. The summed E-state index contributed by atoms with van der Waals surface area (Å²) < 4.78 is 0. The van der Waals surface area contributed by atoms with Gasteiger partial charge in [-0.2, -0.15) is 0 Å². The molecule has 2 unspecified atom stereocenters. The SMILES string of the molecule is C=C(/C=C\C=C/CC1(C)CC1C)C(=C)/N=C\C. The Kier molecular flexibility index (Phi) is 4.68. The monoisotopic (exact) mass is 229 g/mol. The van der Waals surface area contributed by atoms with Crippen LogP contribution in [-0.4, -0.2) is 6.21 Å². The smallest absolute Gasteiger partial charge is 0.0620 e. The molecular formula is C16H23N. The number of nitrogens with zero attached hydrogens (tertiary/aromatic N) is 1. The van der Waals surface area contributed by atoms with E-state index in [1.807, 2.05) is 19.1 Å². The molecular weight excluding hydrogens is 206 g/mol. The van der Waals surface area contributed by atoms with Gasteiger partial charge in [-0.3, -0.25) is 4.99 Å². The van der Waals surface area contributed by atoms with Crippen molar-refractivity contribution < 1.29 is 0 Å². The van der Waals surface area contributed by atoms with E-state index in [2.05, 4.69) is 44.1 Å². The van der Waals surface area contributed by atoms with Gasteiger partial charge in [-0.15, -0.1) is 0 Å². The van der Waals surface area contributed by atoms with E-state index in [4.69, 9.17) is 0 Å². The Morgan fingerprint density at radius 1 is 1.41 bits per heavy atom. The zero-order chi connectivity index (χ0) is 12.9. The van der Waals surface area contributed by atoms with Crippen molar-refractivity contribution in [3.05, 3.63) is 48.7 Å². The summed E-state index contributed by atoms with van der Waals surface area (Å²) in [5.74, 6) is 0.879. The Balaban J connectivity index is 2.32. The summed E-state index contributed by atoms with van der Waals surface area (Å²) in [5, 5.41) is 0. The summed E-state index contributed by atoms with van der Waals surface area (Å²) in [6.07, 6.45) is 12.5. The molecule has 0 saturated heterocycles. The highest BCUT2D eigenvalue weighted by Crippen LogP contribution is 2.54. The van der Waals surface area contributed by atoms with E-state index < -0.39 is 0 Å². The molecule has 1 aliphatic rings. The first-order chi connectivity index (χ1) is 7.99. The number of hydrogen-bond donors (Lipinski definition) is 0. The topological polar surface area (TPSA) is 12.4 Å². The van der Waals surface area contributed by atoms with Crippen LogP contribution in [0.4, 0.5) is 0 Å². The van der Waals surface area contributed by atoms with Gasteiger partial charge in [-0.05, 0) is 36.7 Å². The van der Waals surface area contributed by atoms with Gasteiger partial charge in [0, 0.05) is 6.21 Å². The third kappa shape index (κ3) is 4.18. The number of hydrogen-bond acceptors (Lipinski definition) is 1. The van der Waals surface area contributed by atoms with Crippen LogP contribution in [0.25, 0.3) is 0 Å². The summed E-state index contributed by atoms with van der Waals surface area (Å²) in [6, 6.07) is 0. The van der Waals surface area contributed by atoms with E-state index in [1.54, 1.807) is 6.21 Å². The van der Waals surface area contributed by atoms with Crippen molar-refractivity contribution >= 4 is 6.21 Å².